The summed E-state index contributed by atoms with van der Waals surface area (Å²) < 4.78 is 1.85. The van der Waals surface area contributed by atoms with E-state index in [0.29, 0.717) is 12.3 Å². The molecule has 1 aliphatic rings. The Morgan fingerprint density at radius 2 is 2.32 bits per heavy atom. The Morgan fingerprint density at radius 3 is 3.00 bits per heavy atom. The smallest absolute Gasteiger partial charge is 0.224 e. The van der Waals surface area contributed by atoms with Gasteiger partial charge in [0.15, 0.2) is 5.82 Å². The molecule has 0 bridgehead atoms. The van der Waals surface area contributed by atoms with Crippen LogP contribution in [0.5, 0.6) is 0 Å². The summed E-state index contributed by atoms with van der Waals surface area (Å²) in [6, 6.07) is 7.81. The van der Waals surface area contributed by atoms with Crippen molar-refractivity contribution in [1.82, 2.24) is 14.8 Å². The molecule has 0 spiro atoms. The molecule has 1 saturated carbocycles. The minimum atomic E-state index is 0.0254. The summed E-state index contributed by atoms with van der Waals surface area (Å²) in [6.45, 7) is 0. The first kappa shape index (κ1) is 14.7. The van der Waals surface area contributed by atoms with Gasteiger partial charge in [-0.25, -0.2) is 0 Å². The second-order valence-corrected chi connectivity index (χ2v) is 5.95. The van der Waals surface area contributed by atoms with Crippen molar-refractivity contribution in [2.24, 2.45) is 18.7 Å². The van der Waals surface area contributed by atoms with Crippen LogP contribution in [0.2, 0.25) is 0 Å². The number of aryl methyl sites for hydroxylation is 1. The van der Waals surface area contributed by atoms with Crippen molar-refractivity contribution in [3.8, 4) is 11.4 Å². The zero-order valence-corrected chi connectivity index (χ0v) is 12.7. The number of rotatable bonds is 4. The third-order valence-electron chi connectivity index (χ3n) is 4.28. The Morgan fingerprint density at radius 1 is 1.45 bits per heavy atom. The van der Waals surface area contributed by atoms with Crippen molar-refractivity contribution in [2.45, 2.75) is 31.7 Å². The number of anilines is 1. The standard InChI is InChI=1S/C16H21N5O/c1-21-10-18-20-16(21)12-5-2-6-13(8-12)19-15(22)9-11-4-3-7-14(11)17/h2,5-6,8,10-11,14H,3-4,7,9,17H2,1H3,(H,19,22)/t11-,14+/m0/s1. The molecule has 1 amide bonds. The number of carbonyl (C=O) groups excluding carboxylic acids is 1. The predicted molar refractivity (Wildman–Crippen MR) is 85.0 cm³/mol. The fourth-order valence-electron chi connectivity index (χ4n) is 3.05. The molecule has 0 aliphatic heterocycles. The van der Waals surface area contributed by atoms with Crippen molar-refractivity contribution in [2.75, 3.05) is 5.32 Å². The van der Waals surface area contributed by atoms with Crippen LogP contribution in [0.3, 0.4) is 0 Å². The third-order valence-corrected chi connectivity index (χ3v) is 4.28. The highest BCUT2D eigenvalue weighted by Gasteiger charge is 2.26. The fraction of sp³-hybridized carbons (Fsp3) is 0.438. The van der Waals surface area contributed by atoms with Gasteiger partial charge >= 0.3 is 0 Å². The van der Waals surface area contributed by atoms with Gasteiger partial charge in [-0.3, -0.25) is 4.79 Å². The first-order valence-electron chi connectivity index (χ1n) is 7.63. The number of hydrogen-bond donors (Lipinski definition) is 2. The number of benzene rings is 1. The number of aromatic nitrogens is 3. The normalized spacial score (nSPS) is 21.0. The average Bonchev–Trinajstić information content (AvgIpc) is 3.08. The van der Waals surface area contributed by atoms with E-state index in [-0.39, 0.29) is 11.9 Å². The van der Waals surface area contributed by atoms with E-state index in [4.69, 9.17) is 5.73 Å². The van der Waals surface area contributed by atoms with Crippen LogP contribution in [0.25, 0.3) is 11.4 Å². The molecular weight excluding hydrogens is 278 g/mol. The van der Waals surface area contributed by atoms with Crippen LogP contribution in [-0.2, 0) is 11.8 Å². The zero-order valence-electron chi connectivity index (χ0n) is 12.7. The Balaban J connectivity index is 1.68. The van der Waals surface area contributed by atoms with Crippen molar-refractivity contribution in [1.29, 1.82) is 0 Å². The minimum Gasteiger partial charge on any atom is -0.327 e. The summed E-state index contributed by atoms with van der Waals surface area (Å²) in [5.41, 5.74) is 7.73. The van der Waals surface area contributed by atoms with Gasteiger partial charge in [-0.05, 0) is 30.9 Å². The Bertz CT molecular complexity index is 666. The summed E-state index contributed by atoms with van der Waals surface area (Å²) >= 11 is 0. The lowest BCUT2D eigenvalue weighted by Crippen LogP contribution is -2.28. The second kappa shape index (κ2) is 6.27. The lowest BCUT2D eigenvalue weighted by molar-refractivity contribution is -0.117. The summed E-state index contributed by atoms with van der Waals surface area (Å²) in [5.74, 6) is 1.10. The molecule has 0 saturated heterocycles. The van der Waals surface area contributed by atoms with E-state index in [1.165, 1.54) is 0 Å². The Kier molecular flexibility index (Phi) is 4.20. The maximum Gasteiger partial charge on any atom is 0.224 e. The van der Waals surface area contributed by atoms with Gasteiger partial charge in [-0.1, -0.05) is 18.6 Å². The van der Waals surface area contributed by atoms with Crippen molar-refractivity contribution in [3.63, 3.8) is 0 Å². The molecule has 116 valence electrons. The third kappa shape index (κ3) is 3.17. The Hall–Kier alpha value is -2.21. The summed E-state index contributed by atoms with van der Waals surface area (Å²) in [6.07, 6.45) is 5.35. The highest BCUT2D eigenvalue weighted by molar-refractivity contribution is 5.91. The molecule has 1 aromatic carbocycles. The second-order valence-electron chi connectivity index (χ2n) is 5.95. The SMILES string of the molecule is Cn1cnnc1-c1cccc(NC(=O)C[C@@H]2CCC[C@H]2N)c1. The van der Waals surface area contributed by atoms with E-state index >= 15 is 0 Å². The number of hydrogen-bond acceptors (Lipinski definition) is 4. The number of carbonyl (C=O) groups is 1. The first-order chi connectivity index (χ1) is 10.6. The summed E-state index contributed by atoms with van der Waals surface area (Å²) in [7, 11) is 1.89. The highest BCUT2D eigenvalue weighted by Crippen LogP contribution is 2.27. The number of amides is 1. The van der Waals surface area contributed by atoms with Crippen LogP contribution >= 0.6 is 0 Å². The average molecular weight is 299 g/mol. The maximum atomic E-state index is 12.2. The lowest BCUT2D eigenvalue weighted by Gasteiger charge is -2.15. The molecule has 1 aromatic heterocycles. The molecule has 1 aliphatic carbocycles. The zero-order chi connectivity index (χ0) is 15.5. The van der Waals surface area contributed by atoms with Crippen molar-refractivity contribution >= 4 is 11.6 Å². The van der Waals surface area contributed by atoms with E-state index in [1.54, 1.807) is 6.33 Å². The molecule has 3 rings (SSSR count). The van der Waals surface area contributed by atoms with Gasteiger partial charge < -0.3 is 15.6 Å². The van der Waals surface area contributed by atoms with E-state index in [9.17, 15) is 4.79 Å². The minimum absolute atomic E-state index is 0.0254. The predicted octanol–water partition coefficient (Wildman–Crippen LogP) is 1.94. The van der Waals surface area contributed by atoms with Gasteiger partial charge in [-0.2, -0.15) is 0 Å². The number of nitrogens with two attached hydrogens (primary N) is 1. The molecule has 2 aromatic rings. The maximum absolute atomic E-state index is 12.2. The molecule has 6 nitrogen and oxygen atoms in total. The van der Waals surface area contributed by atoms with Crippen molar-refractivity contribution < 1.29 is 4.79 Å². The van der Waals surface area contributed by atoms with Crippen LogP contribution in [0, 0.1) is 5.92 Å². The molecule has 3 N–H and O–H groups in total. The van der Waals surface area contributed by atoms with Crippen LogP contribution in [-0.4, -0.2) is 26.7 Å². The number of nitrogens with one attached hydrogen (secondary N) is 1. The molecule has 1 heterocycles. The van der Waals surface area contributed by atoms with E-state index in [0.717, 1.165) is 36.3 Å². The molecule has 0 radical (unpaired) electrons. The van der Waals surface area contributed by atoms with Crippen molar-refractivity contribution in [3.05, 3.63) is 30.6 Å². The largest absolute Gasteiger partial charge is 0.327 e. The van der Waals surface area contributed by atoms with Crippen LogP contribution in [0.1, 0.15) is 25.7 Å². The highest BCUT2D eigenvalue weighted by atomic mass is 16.1. The number of nitrogens with zero attached hydrogens (tertiary/aromatic N) is 3. The van der Waals surface area contributed by atoms with Gasteiger partial charge in [0.05, 0.1) is 0 Å². The topological polar surface area (TPSA) is 85.8 Å². The van der Waals surface area contributed by atoms with Crippen LogP contribution in [0.4, 0.5) is 5.69 Å². The summed E-state index contributed by atoms with van der Waals surface area (Å²) in [4.78, 5) is 12.2. The van der Waals surface area contributed by atoms with Crippen LogP contribution in [0.15, 0.2) is 30.6 Å². The monoisotopic (exact) mass is 299 g/mol. The van der Waals surface area contributed by atoms with E-state index < -0.39 is 0 Å². The lowest BCUT2D eigenvalue weighted by atomic mass is 10.00. The Labute approximate surface area is 129 Å². The molecule has 0 unspecified atom stereocenters. The summed E-state index contributed by atoms with van der Waals surface area (Å²) in [5, 5.41) is 10.9. The van der Waals surface area contributed by atoms with Gasteiger partial charge in [0.1, 0.15) is 6.33 Å². The molecular formula is C16H21N5O. The molecule has 22 heavy (non-hydrogen) atoms. The first-order valence-corrected chi connectivity index (χ1v) is 7.63. The fourth-order valence-corrected chi connectivity index (χ4v) is 3.05. The molecule has 2 atom stereocenters. The van der Waals surface area contributed by atoms with Gasteiger partial charge in [0.2, 0.25) is 5.91 Å². The van der Waals surface area contributed by atoms with Crippen LogP contribution < -0.4 is 11.1 Å². The van der Waals surface area contributed by atoms with Gasteiger partial charge in [0.25, 0.3) is 0 Å². The van der Waals surface area contributed by atoms with Gasteiger partial charge in [-0.15, -0.1) is 10.2 Å². The van der Waals surface area contributed by atoms with Gasteiger partial charge in [0, 0.05) is 30.8 Å². The van der Waals surface area contributed by atoms with E-state index in [2.05, 4.69) is 15.5 Å². The van der Waals surface area contributed by atoms with E-state index in [1.807, 2.05) is 35.9 Å². The quantitative estimate of drug-likeness (QED) is 0.903. The molecule has 1 fully saturated rings. The molecule has 6 heteroatoms.